The number of carbonyl (C=O) groups is 1. The highest BCUT2D eigenvalue weighted by atomic mass is 79.9. The van der Waals surface area contributed by atoms with Crippen molar-refractivity contribution >= 4 is 38.5 Å². The van der Waals surface area contributed by atoms with Crippen LogP contribution in [0.4, 0.5) is 0 Å². The van der Waals surface area contributed by atoms with Gasteiger partial charge in [-0.1, -0.05) is 17.3 Å². The standard InChI is InChI=1S/C17H13BrN4O2/c18-11-5-6-16-20-12(10-22(16)9-11)8-19-17(23)7-14-13-3-1-2-4-15(13)24-21-14/h1-6,9-10H,7-8H2,(H,19,23). The number of nitrogens with one attached hydrogen (secondary N) is 1. The molecule has 0 spiro atoms. The molecule has 0 radical (unpaired) electrons. The lowest BCUT2D eigenvalue weighted by Gasteiger charge is -2.01. The third-order valence-electron chi connectivity index (χ3n) is 3.71. The Morgan fingerprint density at radius 2 is 2.08 bits per heavy atom. The van der Waals surface area contributed by atoms with Gasteiger partial charge >= 0.3 is 0 Å². The van der Waals surface area contributed by atoms with E-state index in [1.807, 2.05) is 53.2 Å². The van der Waals surface area contributed by atoms with Gasteiger partial charge in [-0.3, -0.25) is 4.79 Å². The van der Waals surface area contributed by atoms with Crippen LogP contribution >= 0.6 is 15.9 Å². The predicted octanol–water partition coefficient (Wildman–Crippen LogP) is 3.10. The minimum Gasteiger partial charge on any atom is -0.356 e. The number of para-hydroxylation sites is 1. The molecule has 0 aliphatic heterocycles. The molecule has 24 heavy (non-hydrogen) atoms. The molecule has 0 bridgehead atoms. The second-order valence-corrected chi connectivity index (χ2v) is 6.34. The van der Waals surface area contributed by atoms with Crippen LogP contribution in [0.2, 0.25) is 0 Å². The van der Waals surface area contributed by atoms with Crippen molar-refractivity contribution in [2.45, 2.75) is 13.0 Å². The Bertz CT molecular complexity index is 1040. The molecule has 0 saturated carbocycles. The molecule has 7 heteroatoms. The highest BCUT2D eigenvalue weighted by Gasteiger charge is 2.12. The molecule has 1 aromatic carbocycles. The Morgan fingerprint density at radius 3 is 3.00 bits per heavy atom. The van der Waals surface area contributed by atoms with Gasteiger partial charge in [-0.2, -0.15) is 0 Å². The Kier molecular flexibility index (Phi) is 3.78. The van der Waals surface area contributed by atoms with E-state index < -0.39 is 0 Å². The third-order valence-corrected chi connectivity index (χ3v) is 4.18. The number of imidazole rings is 1. The van der Waals surface area contributed by atoms with Gasteiger partial charge in [0.2, 0.25) is 5.91 Å². The molecule has 0 aliphatic carbocycles. The molecular formula is C17H13BrN4O2. The monoisotopic (exact) mass is 384 g/mol. The summed E-state index contributed by atoms with van der Waals surface area (Å²) in [5.41, 5.74) is 2.96. The zero-order valence-electron chi connectivity index (χ0n) is 12.6. The molecule has 1 amide bonds. The van der Waals surface area contributed by atoms with Gasteiger partial charge in [0.15, 0.2) is 5.58 Å². The highest BCUT2D eigenvalue weighted by Crippen LogP contribution is 2.18. The largest absolute Gasteiger partial charge is 0.356 e. The average molecular weight is 385 g/mol. The number of pyridine rings is 1. The average Bonchev–Trinajstić information content (AvgIpc) is 3.17. The summed E-state index contributed by atoms with van der Waals surface area (Å²) in [7, 11) is 0. The molecule has 3 aromatic heterocycles. The quantitative estimate of drug-likeness (QED) is 0.586. The highest BCUT2D eigenvalue weighted by molar-refractivity contribution is 9.10. The van der Waals surface area contributed by atoms with E-state index in [2.05, 4.69) is 31.4 Å². The lowest BCUT2D eigenvalue weighted by Crippen LogP contribution is -2.24. The van der Waals surface area contributed by atoms with E-state index in [0.717, 1.165) is 21.2 Å². The predicted molar refractivity (Wildman–Crippen MR) is 92.5 cm³/mol. The van der Waals surface area contributed by atoms with E-state index >= 15 is 0 Å². The number of hydrogen-bond acceptors (Lipinski definition) is 4. The van der Waals surface area contributed by atoms with Gasteiger partial charge < -0.3 is 14.2 Å². The zero-order chi connectivity index (χ0) is 16.5. The van der Waals surface area contributed by atoms with Crippen LogP contribution in [-0.4, -0.2) is 20.4 Å². The number of carbonyl (C=O) groups excluding carboxylic acids is 1. The summed E-state index contributed by atoms with van der Waals surface area (Å²) in [6.07, 6.45) is 4.00. The summed E-state index contributed by atoms with van der Waals surface area (Å²) in [5, 5.41) is 7.71. The van der Waals surface area contributed by atoms with Crippen LogP contribution in [0.15, 0.2) is 57.8 Å². The lowest BCUT2D eigenvalue weighted by molar-refractivity contribution is -0.120. The van der Waals surface area contributed by atoms with Gasteiger partial charge in [0.05, 0.1) is 18.7 Å². The molecule has 120 valence electrons. The van der Waals surface area contributed by atoms with Crippen LogP contribution in [0.1, 0.15) is 11.4 Å². The van der Waals surface area contributed by atoms with Crippen molar-refractivity contribution in [1.29, 1.82) is 0 Å². The van der Waals surface area contributed by atoms with Gasteiger partial charge in [-0.05, 0) is 40.2 Å². The molecule has 0 fully saturated rings. The van der Waals surface area contributed by atoms with Crippen molar-refractivity contribution in [2.24, 2.45) is 0 Å². The van der Waals surface area contributed by atoms with Gasteiger partial charge in [-0.25, -0.2) is 4.98 Å². The SMILES string of the molecule is O=C(Cc1noc2ccccc12)NCc1cn2cc(Br)ccc2n1. The van der Waals surface area contributed by atoms with Crippen LogP contribution in [0.25, 0.3) is 16.6 Å². The number of nitrogens with zero attached hydrogens (tertiary/aromatic N) is 3. The van der Waals surface area contributed by atoms with Gasteiger partial charge in [0.1, 0.15) is 11.3 Å². The van der Waals surface area contributed by atoms with E-state index in [1.54, 1.807) is 0 Å². The van der Waals surface area contributed by atoms with E-state index in [4.69, 9.17) is 4.52 Å². The molecule has 4 rings (SSSR count). The first-order chi connectivity index (χ1) is 11.7. The number of rotatable bonds is 4. The number of halogens is 1. The first-order valence-corrected chi connectivity index (χ1v) is 8.21. The van der Waals surface area contributed by atoms with Crippen LogP contribution in [0, 0.1) is 0 Å². The van der Waals surface area contributed by atoms with E-state index in [1.165, 1.54) is 0 Å². The van der Waals surface area contributed by atoms with Crippen molar-refractivity contribution in [1.82, 2.24) is 19.9 Å². The summed E-state index contributed by atoms with van der Waals surface area (Å²) in [5.74, 6) is -0.118. The molecule has 0 unspecified atom stereocenters. The summed E-state index contributed by atoms with van der Waals surface area (Å²) < 4.78 is 8.10. The fraction of sp³-hybridized carbons (Fsp3) is 0.118. The fourth-order valence-corrected chi connectivity index (χ4v) is 2.92. The van der Waals surface area contributed by atoms with Crippen LogP contribution < -0.4 is 5.32 Å². The van der Waals surface area contributed by atoms with Crippen LogP contribution in [0.5, 0.6) is 0 Å². The van der Waals surface area contributed by atoms with Gasteiger partial charge in [-0.15, -0.1) is 0 Å². The third kappa shape index (κ3) is 2.90. The zero-order valence-corrected chi connectivity index (χ0v) is 14.2. The van der Waals surface area contributed by atoms with Crippen molar-refractivity contribution in [3.8, 4) is 0 Å². The van der Waals surface area contributed by atoms with Crippen LogP contribution in [-0.2, 0) is 17.8 Å². The Morgan fingerprint density at radius 1 is 1.21 bits per heavy atom. The minimum atomic E-state index is -0.118. The summed E-state index contributed by atoms with van der Waals surface area (Å²) in [4.78, 5) is 16.6. The second kappa shape index (κ2) is 6.09. The van der Waals surface area contributed by atoms with Gasteiger partial charge in [0, 0.05) is 22.3 Å². The Balaban J connectivity index is 1.44. The summed E-state index contributed by atoms with van der Waals surface area (Å²) in [6, 6.07) is 11.3. The molecule has 0 aliphatic rings. The Hall–Kier alpha value is -2.67. The molecule has 1 N–H and O–H groups in total. The van der Waals surface area contributed by atoms with E-state index in [9.17, 15) is 4.79 Å². The van der Waals surface area contributed by atoms with E-state index in [-0.39, 0.29) is 12.3 Å². The first-order valence-electron chi connectivity index (χ1n) is 7.42. The summed E-state index contributed by atoms with van der Waals surface area (Å²) >= 11 is 3.42. The minimum absolute atomic E-state index is 0.118. The number of benzene rings is 1. The maximum atomic E-state index is 12.2. The molecule has 6 nitrogen and oxygen atoms in total. The van der Waals surface area contributed by atoms with Crippen molar-refractivity contribution in [3.63, 3.8) is 0 Å². The second-order valence-electron chi connectivity index (χ2n) is 5.42. The number of aromatic nitrogens is 3. The smallest absolute Gasteiger partial charge is 0.226 e. The maximum absolute atomic E-state index is 12.2. The van der Waals surface area contributed by atoms with E-state index in [0.29, 0.717) is 17.8 Å². The number of hydrogen-bond donors (Lipinski definition) is 1. The topological polar surface area (TPSA) is 72.4 Å². The first kappa shape index (κ1) is 14.9. The molecule has 0 saturated heterocycles. The molecule has 3 heterocycles. The number of amides is 1. The van der Waals surface area contributed by atoms with Crippen molar-refractivity contribution in [3.05, 3.63) is 64.7 Å². The lowest BCUT2D eigenvalue weighted by atomic mass is 10.1. The summed E-state index contributed by atoms with van der Waals surface area (Å²) in [6.45, 7) is 0.369. The molecular weight excluding hydrogens is 372 g/mol. The van der Waals surface area contributed by atoms with Crippen molar-refractivity contribution in [2.75, 3.05) is 0 Å². The molecule has 0 atom stereocenters. The van der Waals surface area contributed by atoms with Crippen LogP contribution in [0.3, 0.4) is 0 Å². The van der Waals surface area contributed by atoms with Gasteiger partial charge in [0.25, 0.3) is 0 Å². The molecule has 4 aromatic rings. The number of fused-ring (bicyclic) bond motifs is 2. The Labute approximate surface area is 145 Å². The maximum Gasteiger partial charge on any atom is 0.226 e. The van der Waals surface area contributed by atoms with Crippen molar-refractivity contribution < 1.29 is 9.32 Å². The fourth-order valence-electron chi connectivity index (χ4n) is 2.57. The normalized spacial score (nSPS) is 11.2.